The van der Waals surface area contributed by atoms with Gasteiger partial charge in [0.15, 0.2) is 0 Å². The number of hydrogen-bond donors (Lipinski definition) is 1. The number of halogens is 1. The first-order valence-corrected chi connectivity index (χ1v) is 6.06. The van der Waals surface area contributed by atoms with Crippen molar-refractivity contribution in [3.8, 4) is 5.75 Å². The Morgan fingerprint density at radius 3 is 2.35 bits per heavy atom. The van der Waals surface area contributed by atoms with Crippen LogP contribution in [0.4, 0.5) is 10.1 Å². The van der Waals surface area contributed by atoms with Crippen LogP contribution in [0.15, 0.2) is 54.6 Å². The van der Waals surface area contributed by atoms with Gasteiger partial charge in [0, 0.05) is 11.8 Å². The van der Waals surface area contributed by atoms with Gasteiger partial charge in [-0.2, -0.15) is 0 Å². The minimum atomic E-state index is -0.336. The third kappa shape index (κ3) is 3.95. The van der Waals surface area contributed by atoms with E-state index in [9.17, 15) is 9.18 Å². The highest BCUT2D eigenvalue weighted by Crippen LogP contribution is 2.12. The molecule has 0 saturated carbocycles. The topological polar surface area (TPSA) is 38.3 Å². The number of rotatable bonds is 4. The lowest BCUT2D eigenvalue weighted by Crippen LogP contribution is -2.07. The van der Waals surface area contributed by atoms with Gasteiger partial charge in [0.25, 0.3) is 0 Å². The van der Waals surface area contributed by atoms with Crippen molar-refractivity contribution in [2.75, 3.05) is 12.4 Å². The second-order valence-corrected chi connectivity index (χ2v) is 4.10. The number of carbonyl (C=O) groups excluding carboxylic acids is 1. The summed E-state index contributed by atoms with van der Waals surface area (Å²) in [6.07, 6.45) is 3.11. The largest absolute Gasteiger partial charge is 0.497 e. The van der Waals surface area contributed by atoms with Gasteiger partial charge in [0.2, 0.25) is 5.91 Å². The molecule has 0 aliphatic heterocycles. The van der Waals surface area contributed by atoms with Crippen molar-refractivity contribution in [1.29, 1.82) is 0 Å². The van der Waals surface area contributed by atoms with Crippen LogP contribution in [0.1, 0.15) is 5.56 Å². The maximum atomic E-state index is 12.7. The Morgan fingerprint density at radius 2 is 1.75 bits per heavy atom. The van der Waals surface area contributed by atoms with Crippen molar-refractivity contribution < 1.29 is 13.9 Å². The lowest BCUT2D eigenvalue weighted by atomic mass is 10.2. The fourth-order valence-corrected chi connectivity index (χ4v) is 1.60. The van der Waals surface area contributed by atoms with Crippen LogP contribution >= 0.6 is 0 Å². The molecule has 0 aliphatic carbocycles. The Bertz CT molecular complexity index is 603. The molecule has 2 aromatic rings. The van der Waals surface area contributed by atoms with E-state index in [4.69, 9.17) is 4.74 Å². The van der Waals surface area contributed by atoms with Gasteiger partial charge in [-0.25, -0.2) is 4.39 Å². The summed E-state index contributed by atoms with van der Waals surface area (Å²) in [5, 5.41) is 2.64. The zero-order valence-corrected chi connectivity index (χ0v) is 11.0. The van der Waals surface area contributed by atoms with Gasteiger partial charge in [-0.1, -0.05) is 12.1 Å². The van der Waals surface area contributed by atoms with Gasteiger partial charge < -0.3 is 10.1 Å². The summed E-state index contributed by atoms with van der Waals surface area (Å²) in [6.45, 7) is 0. The summed E-state index contributed by atoms with van der Waals surface area (Å²) in [7, 11) is 1.60. The summed E-state index contributed by atoms with van der Waals surface area (Å²) in [6, 6.07) is 12.9. The zero-order chi connectivity index (χ0) is 14.4. The first-order valence-electron chi connectivity index (χ1n) is 6.06. The van der Waals surface area contributed by atoms with Crippen molar-refractivity contribution in [3.05, 3.63) is 66.0 Å². The van der Waals surface area contributed by atoms with Crippen molar-refractivity contribution >= 4 is 17.7 Å². The van der Waals surface area contributed by atoms with Crippen molar-refractivity contribution in [2.45, 2.75) is 0 Å². The highest BCUT2D eigenvalue weighted by molar-refractivity contribution is 6.01. The number of ether oxygens (including phenoxy) is 1. The Labute approximate surface area is 116 Å². The number of hydrogen-bond acceptors (Lipinski definition) is 2. The highest BCUT2D eigenvalue weighted by Gasteiger charge is 1.98. The number of anilines is 1. The van der Waals surface area contributed by atoms with Crippen LogP contribution in [0.3, 0.4) is 0 Å². The second kappa shape index (κ2) is 6.52. The van der Waals surface area contributed by atoms with Crippen LogP contribution < -0.4 is 10.1 Å². The number of methoxy groups -OCH3 is 1. The highest BCUT2D eigenvalue weighted by atomic mass is 19.1. The van der Waals surface area contributed by atoms with Gasteiger partial charge in [-0.05, 0) is 48.0 Å². The lowest BCUT2D eigenvalue weighted by Gasteiger charge is -2.01. The van der Waals surface area contributed by atoms with E-state index >= 15 is 0 Å². The van der Waals surface area contributed by atoms with Crippen LogP contribution in [-0.4, -0.2) is 13.0 Å². The molecule has 0 bridgehead atoms. The summed E-state index contributed by atoms with van der Waals surface area (Å²) in [4.78, 5) is 11.7. The van der Waals surface area contributed by atoms with E-state index in [1.807, 2.05) is 24.3 Å². The predicted octanol–water partition coefficient (Wildman–Crippen LogP) is 3.49. The van der Waals surface area contributed by atoms with Gasteiger partial charge >= 0.3 is 0 Å². The molecule has 20 heavy (non-hydrogen) atoms. The second-order valence-electron chi connectivity index (χ2n) is 4.10. The summed E-state index contributed by atoms with van der Waals surface area (Å²) in [5.41, 5.74) is 1.44. The minimum absolute atomic E-state index is 0.271. The Morgan fingerprint density at radius 1 is 1.10 bits per heavy atom. The fraction of sp³-hybridized carbons (Fsp3) is 0.0625. The van der Waals surface area contributed by atoms with Crippen molar-refractivity contribution in [2.24, 2.45) is 0 Å². The molecule has 0 spiro atoms. The maximum absolute atomic E-state index is 12.7. The molecule has 0 aliphatic rings. The van der Waals surface area contributed by atoms with Crippen LogP contribution in [0.25, 0.3) is 6.08 Å². The van der Waals surface area contributed by atoms with Crippen LogP contribution in [0, 0.1) is 5.82 Å². The zero-order valence-electron chi connectivity index (χ0n) is 11.0. The fourth-order valence-electron chi connectivity index (χ4n) is 1.60. The van der Waals surface area contributed by atoms with E-state index < -0.39 is 0 Å². The molecule has 0 fully saturated rings. The Balaban J connectivity index is 1.96. The normalized spacial score (nSPS) is 10.5. The van der Waals surface area contributed by atoms with Crippen LogP contribution in [0.2, 0.25) is 0 Å². The first-order chi connectivity index (χ1) is 9.67. The SMILES string of the molecule is COc1ccc(/C=C/C(=O)Nc2ccc(F)cc2)cc1. The van der Waals surface area contributed by atoms with Crippen molar-refractivity contribution in [1.82, 2.24) is 0 Å². The van der Waals surface area contributed by atoms with Gasteiger partial charge in [0.05, 0.1) is 7.11 Å². The van der Waals surface area contributed by atoms with Gasteiger partial charge in [-0.3, -0.25) is 4.79 Å². The molecule has 4 heteroatoms. The smallest absolute Gasteiger partial charge is 0.248 e. The number of amides is 1. The summed E-state index contributed by atoms with van der Waals surface area (Å²) < 4.78 is 17.8. The molecule has 2 aromatic carbocycles. The van der Waals surface area contributed by atoms with Crippen molar-refractivity contribution in [3.63, 3.8) is 0 Å². The molecule has 0 radical (unpaired) electrons. The minimum Gasteiger partial charge on any atom is -0.497 e. The average molecular weight is 271 g/mol. The molecular formula is C16H14FNO2. The van der Waals surface area contributed by atoms with Crippen LogP contribution in [-0.2, 0) is 4.79 Å². The summed E-state index contributed by atoms with van der Waals surface area (Å²) in [5.74, 6) is 0.155. The lowest BCUT2D eigenvalue weighted by molar-refractivity contribution is -0.111. The van der Waals surface area contributed by atoms with Crippen LogP contribution in [0.5, 0.6) is 5.75 Å². The third-order valence-corrected chi connectivity index (χ3v) is 2.65. The van der Waals surface area contributed by atoms with Gasteiger partial charge in [-0.15, -0.1) is 0 Å². The molecule has 0 aromatic heterocycles. The molecule has 0 heterocycles. The van der Waals surface area contributed by atoms with E-state index in [0.717, 1.165) is 11.3 Å². The molecule has 102 valence electrons. The van der Waals surface area contributed by atoms with E-state index in [1.165, 1.54) is 30.3 Å². The average Bonchev–Trinajstić information content (AvgIpc) is 2.48. The molecule has 1 N–H and O–H groups in total. The quantitative estimate of drug-likeness (QED) is 0.864. The van der Waals surface area contributed by atoms with E-state index in [-0.39, 0.29) is 11.7 Å². The predicted molar refractivity (Wildman–Crippen MR) is 77.1 cm³/mol. The summed E-state index contributed by atoms with van der Waals surface area (Å²) >= 11 is 0. The molecular weight excluding hydrogens is 257 g/mol. The standard InChI is InChI=1S/C16H14FNO2/c1-20-15-9-2-12(3-10-15)4-11-16(19)18-14-7-5-13(17)6-8-14/h2-11H,1H3,(H,18,19)/b11-4+. The molecule has 0 atom stereocenters. The molecule has 2 rings (SSSR count). The van der Waals surface area contributed by atoms with Gasteiger partial charge in [0.1, 0.15) is 11.6 Å². The molecule has 0 unspecified atom stereocenters. The first kappa shape index (κ1) is 13.8. The number of carbonyl (C=O) groups is 1. The molecule has 1 amide bonds. The molecule has 3 nitrogen and oxygen atoms in total. The number of benzene rings is 2. The Kier molecular flexibility index (Phi) is 4.50. The third-order valence-electron chi connectivity index (χ3n) is 2.65. The number of nitrogens with one attached hydrogen (secondary N) is 1. The Hall–Kier alpha value is -2.62. The van der Waals surface area contributed by atoms with E-state index in [2.05, 4.69) is 5.32 Å². The van der Waals surface area contributed by atoms with E-state index in [1.54, 1.807) is 13.2 Å². The van der Waals surface area contributed by atoms with E-state index in [0.29, 0.717) is 5.69 Å². The molecule has 0 saturated heterocycles. The maximum Gasteiger partial charge on any atom is 0.248 e. The monoisotopic (exact) mass is 271 g/mol.